The maximum absolute atomic E-state index is 5.31. The molecule has 0 fully saturated rings. The third kappa shape index (κ3) is 13.2. The van der Waals surface area contributed by atoms with Crippen molar-refractivity contribution in [3.05, 3.63) is 36.4 Å². The quantitative estimate of drug-likeness (QED) is 0.634. The predicted molar refractivity (Wildman–Crippen MR) is 67.1 cm³/mol. The summed E-state index contributed by atoms with van der Waals surface area (Å²) >= 11 is 0. The molecule has 0 saturated carbocycles. The Labute approximate surface area is 94.5 Å². The topological polar surface area (TPSA) is 9.23 Å². The molecule has 0 amide bonds. The van der Waals surface area contributed by atoms with Crippen molar-refractivity contribution in [1.82, 2.24) is 0 Å². The second kappa shape index (κ2) is 13.2. The first-order valence-corrected chi connectivity index (χ1v) is 5.99. The van der Waals surface area contributed by atoms with Crippen LogP contribution in [0.1, 0.15) is 39.5 Å². The molecule has 86 valence electrons. The molecule has 1 aromatic rings. The molecule has 0 atom stereocenters. The van der Waals surface area contributed by atoms with Crippen LogP contribution >= 0.6 is 0 Å². The summed E-state index contributed by atoms with van der Waals surface area (Å²) in [6.45, 7) is 6.28. The van der Waals surface area contributed by atoms with Gasteiger partial charge in [-0.05, 0) is 12.8 Å². The lowest BCUT2D eigenvalue weighted by Gasteiger charge is -1.99. The van der Waals surface area contributed by atoms with E-state index < -0.39 is 0 Å². The zero-order chi connectivity index (χ0) is 11.2. The fourth-order valence-electron chi connectivity index (χ4n) is 0.980. The molecule has 0 aromatic heterocycles. The van der Waals surface area contributed by atoms with Gasteiger partial charge < -0.3 is 4.74 Å². The van der Waals surface area contributed by atoms with Crippen molar-refractivity contribution in [2.24, 2.45) is 0 Å². The van der Waals surface area contributed by atoms with E-state index in [-0.39, 0.29) is 0 Å². The predicted octanol–water partition coefficient (Wildman–Crippen LogP) is 4.29. The summed E-state index contributed by atoms with van der Waals surface area (Å²) in [5, 5.41) is 0. The Balaban J connectivity index is 0.000000280. The van der Waals surface area contributed by atoms with Crippen LogP contribution in [-0.4, -0.2) is 13.2 Å². The van der Waals surface area contributed by atoms with Crippen molar-refractivity contribution in [2.75, 3.05) is 13.2 Å². The highest BCUT2D eigenvalue weighted by Crippen LogP contribution is 1.91. The molecule has 0 saturated heterocycles. The van der Waals surface area contributed by atoms with Gasteiger partial charge >= 0.3 is 0 Å². The van der Waals surface area contributed by atoms with Crippen LogP contribution < -0.4 is 0 Å². The molecule has 0 bridgehead atoms. The van der Waals surface area contributed by atoms with E-state index in [2.05, 4.69) is 13.8 Å². The van der Waals surface area contributed by atoms with Crippen LogP contribution in [0.3, 0.4) is 0 Å². The molecule has 0 aliphatic rings. The van der Waals surface area contributed by atoms with Gasteiger partial charge in [-0.25, -0.2) is 0 Å². The summed E-state index contributed by atoms with van der Waals surface area (Å²) in [5.41, 5.74) is 0. The van der Waals surface area contributed by atoms with Gasteiger partial charge in [0.1, 0.15) is 0 Å². The minimum absolute atomic E-state index is 0.955. The van der Waals surface area contributed by atoms with Crippen molar-refractivity contribution >= 4 is 0 Å². The van der Waals surface area contributed by atoms with Gasteiger partial charge in [0, 0.05) is 13.2 Å². The fourth-order valence-corrected chi connectivity index (χ4v) is 0.980. The molecular weight excluding hydrogens is 184 g/mol. The van der Waals surface area contributed by atoms with Crippen molar-refractivity contribution in [1.29, 1.82) is 0 Å². The Hall–Kier alpha value is -0.820. The zero-order valence-corrected chi connectivity index (χ0v) is 10.1. The molecule has 0 unspecified atom stereocenters. The Kier molecular flexibility index (Phi) is 12.5. The van der Waals surface area contributed by atoms with E-state index in [0.717, 1.165) is 13.2 Å². The van der Waals surface area contributed by atoms with E-state index in [1.54, 1.807) is 0 Å². The fraction of sp³-hybridized carbons (Fsp3) is 0.571. The van der Waals surface area contributed by atoms with Crippen LogP contribution in [0.5, 0.6) is 0 Å². The molecule has 0 aliphatic heterocycles. The number of hydrogen-bond donors (Lipinski definition) is 0. The number of unbranched alkanes of at least 4 members (excludes halogenated alkanes) is 2. The van der Waals surface area contributed by atoms with Gasteiger partial charge in [-0.2, -0.15) is 0 Å². The summed E-state index contributed by atoms with van der Waals surface area (Å²) in [4.78, 5) is 0. The van der Waals surface area contributed by atoms with Crippen LogP contribution in [0, 0.1) is 0 Å². The van der Waals surface area contributed by atoms with Gasteiger partial charge in [-0.3, -0.25) is 0 Å². The highest BCUT2D eigenvalue weighted by atomic mass is 16.5. The average Bonchev–Trinajstić information content (AvgIpc) is 2.32. The van der Waals surface area contributed by atoms with E-state index in [9.17, 15) is 0 Å². The third-order valence-corrected chi connectivity index (χ3v) is 1.95. The number of hydrogen-bond acceptors (Lipinski definition) is 1. The van der Waals surface area contributed by atoms with Crippen LogP contribution in [0.2, 0.25) is 0 Å². The monoisotopic (exact) mass is 208 g/mol. The Bertz CT molecular complexity index is 151. The number of ether oxygens (including phenoxy) is 1. The van der Waals surface area contributed by atoms with Crippen LogP contribution in [0.15, 0.2) is 36.4 Å². The first kappa shape index (κ1) is 14.2. The molecule has 0 heterocycles. The molecule has 0 N–H and O–H groups in total. The minimum atomic E-state index is 0.955. The molecule has 1 aromatic carbocycles. The summed E-state index contributed by atoms with van der Waals surface area (Å²) in [5.74, 6) is 0. The van der Waals surface area contributed by atoms with Gasteiger partial charge in [-0.1, -0.05) is 63.1 Å². The second-order valence-electron chi connectivity index (χ2n) is 3.47. The normalized spacial score (nSPS) is 9.20. The lowest BCUT2D eigenvalue weighted by molar-refractivity contribution is 0.128. The molecular formula is C14H24O. The van der Waals surface area contributed by atoms with E-state index in [1.807, 2.05) is 36.4 Å². The third-order valence-electron chi connectivity index (χ3n) is 1.95. The lowest BCUT2D eigenvalue weighted by atomic mass is 10.3. The van der Waals surface area contributed by atoms with E-state index in [1.165, 1.54) is 25.7 Å². The van der Waals surface area contributed by atoms with Gasteiger partial charge in [-0.15, -0.1) is 0 Å². The van der Waals surface area contributed by atoms with E-state index in [4.69, 9.17) is 4.74 Å². The standard InChI is InChI=1S/C8H18O.C6H6/c1-3-5-7-9-8-6-4-2;1-2-4-6-5-3-1/h3-8H2,1-2H3;1-6H. The largest absolute Gasteiger partial charge is 0.381 e. The average molecular weight is 208 g/mol. The Morgan fingerprint density at radius 2 is 1.00 bits per heavy atom. The van der Waals surface area contributed by atoms with Gasteiger partial charge in [0.25, 0.3) is 0 Å². The maximum Gasteiger partial charge on any atom is 0.0465 e. The Morgan fingerprint density at radius 3 is 1.27 bits per heavy atom. The van der Waals surface area contributed by atoms with Gasteiger partial charge in [0.15, 0.2) is 0 Å². The van der Waals surface area contributed by atoms with Crippen LogP contribution in [-0.2, 0) is 4.74 Å². The molecule has 0 aliphatic carbocycles. The molecule has 1 nitrogen and oxygen atoms in total. The number of rotatable bonds is 6. The Morgan fingerprint density at radius 1 is 0.667 bits per heavy atom. The van der Waals surface area contributed by atoms with E-state index in [0.29, 0.717) is 0 Å². The van der Waals surface area contributed by atoms with Gasteiger partial charge in [0.2, 0.25) is 0 Å². The van der Waals surface area contributed by atoms with Crippen molar-refractivity contribution in [3.8, 4) is 0 Å². The lowest BCUT2D eigenvalue weighted by Crippen LogP contribution is -1.95. The highest BCUT2D eigenvalue weighted by Gasteiger charge is 1.84. The van der Waals surface area contributed by atoms with Crippen molar-refractivity contribution in [3.63, 3.8) is 0 Å². The summed E-state index contributed by atoms with van der Waals surface area (Å²) in [6.07, 6.45) is 4.91. The second-order valence-corrected chi connectivity index (χ2v) is 3.47. The van der Waals surface area contributed by atoms with Crippen molar-refractivity contribution < 1.29 is 4.74 Å². The first-order chi connectivity index (χ1) is 7.41. The van der Waals surface area contributed by atoms with E-state index >= 15 is 0 Å². The summed E-state index contributed by atoms with van der Waals surface area (Å²) in [6, 6.07) is 12.0. The molecule has 15 heavy (non-hydrogen) atoms. The first-order valence-electron chi connectivity index (χ1n) is 5.99. The summed E-state index contributed by atoms with van der Waals surface area (Å²) < 4.78 is 5.31. The van der Waals surface area contributed by atoms with Crippen LogP contribution in [0.4, 0.5) is 0 Å². The van der Waals surface area contributed by atoms with Gasteiger partial charge in [0.05, 0.1) is 0 Å². The summed E-state index contributed by atoms with van der Waals surface area (Å²) in [7, 11) is 0. The zero-order valence-electron chi connectivity index (χ0n) is 10.1. The highest BCUT2D eigenvalue weighted by molar-refractivity contribution is 4.99. The van der Waals surface area contributed by atoms with Crippen LogP contribution in [0.25, 0.3) is 0 Å². The van der Waals surface area contributed by atoms with Crippen molar-refractivity contribution in [2.45, 2.75) is 39.5 Å². The molecule has 1 heteroatoms. The smallest absolute Gasteiger partial charge is 0.0465 e. The SMILES string of the molecule is CCCCOCCCC.c1ccccc1. The molecule has 0 radical (unpaired) electrons. The maximum atomic E-state index is 5.31. The molecule has 0 spiro atoms. The number of benzene rings is 1. The minimum Gasteiger partial charge on any atom is -0.381 e. The molecule has 1 rings (SSSR count).